The second kappa shape index (κ2) is 6.58. The highest BCUT2D eigenvalue weighted by atomic mass is 19.1. The molecule has 0 spiro atoms. The second-order valence-electron chi connectivity index (χ2n) is 6.32. The van der Waals surface area contributed by atoms with Gasteiger partial charge in [0.05, 0.1) is 11.9 Å². The average Bonchev–Trinajstić information content (AvgIpc) is 2.95. The number of rotatable bonds is 4. The first kappa shape index (κ1) is 15.2. The summed E-state index contributed by atoms with van der Waals surface area (Å²) in [5, 5.41) is 10.7. The Bertz CT molecular complexity index is 623. The van der Waals surface area contributed by atoms with Crippen molar-refractivity contribution in [2.45, 2.75) is 26.4 Å². The minimum Gasteiger partial charge on any atom is -0.311 e. The summed E-state index contributed by atoms with van der Waals surface area (Å²) >= 11 is 0. The molecule has 3 rings (SSSR count). The van der Waals surface area contributed by atoms with E-state index in [2.05, 4.69) is 34.3 Å². The Morgan fingerprint density at radius 3 is 3.05 bits per heavy atom. The number of halogens is 1. The molecule has 2 heterocycles. The van der Waals surface area contributed by atoms with E-state index in [0.717, 1.165) is 43.0 Å². The van der Waals surface area contributed by atoms with E-state index >= 15 is 0 Å². The van der Waals surface area contributed by atoms with Gasteiger partial charge in [-0.2, -0.15) is 5.10 Å². The molecule has 0 saturated carbocycles. The first-order valence-corrected chi connectivity index (χ1v) is 7.87. The van der Waals surface area contributed by atoms with Gasteiger partial charge in [-0.25, -0.2) is 4.39 Å². The molecule has 1 aromatic heterocycles. The van der Waals surface area contributed by atoms with Crippen LogP contribution in [0.25, 0.3) is 11.3 Å². The van der Waals surface area contributed by atoms with E-state index < -0.39 is 0 Å². The molecule has 2 aromatic rings. The van der Waals surface area contributed by atoms with E-state index in [-0.39, 0.29) is 5.82 Å². The molecule has 118 valence electrons. The predicted molar refractivity (Wildman–Crippen MR) is 85.9 cm³/mol. The summed E-state index contributed by atoms with van der Waals surface area (Å²) in [6.45, 7) is 8.40. The minimum atomic E-state index is -0.222. The zero-order valence-corrected chi connectivity index (χ0v) is 13.1. The maximum absolute atomic E-state index is 13.4. The number of nitrogens with zero attached hydrogens (tertiary/aromatic N) is 2. The lowest BCUT2D eigenvalue weighted by molar-refractivity contribution is 0.169. The number of piperazine rings is 1. The zero-order chi connectivity index (χ0) is 15.5. The van der Waals surface area contributed by atoms with Gasteiger partial charge in [0, 0.05) is 43.3 Å². The van der Waals surface area contributed by atoms with Crippen LogP contribution < -0.4 is 5.32 Å². The van der Waals surface area contributed by atoms with E-state index in [1.807, 2.05) is 12.3 Å². The summed E-state index contributed by atoms with van der Waals surface area (Å²) < 4.78 is 13.4. The van der Waals surface area contributed by atoms with E-state index in [0.29, 0.717) is 12.0 Å². The Morgan fingerprint density at radius 2 is 2.27 bits per heavy atom. The number of benzene rings is 1. The first-order chi connectivity index (χ1) is 10.6. The maximum Gasteiger partial charge on any atom is 0.123 e. The number of aromatic nitrogens is 2. The fourth-order valence-corrected chi connectivity index (χ4v) is 3.00. The summed E-state index contributed by atoms with van der Waals surface area (Å²) in [6.07, 6.45) is 1.85. The van der Waals surface area contributed by atoms with E-state index in [4.69, 9.17) is 0 Å². The number of hydrogen-bond acceptors (Lipinski definition) is 3. The lowest BCUT2D eigenvalue weighted by atomic mass is 10.0. The number of hydrogen-bond donors (Lipinski definition) is 2. The molecule has 1 saturated heterocycles. The number of aromatic amines is 1. The molecule has 5 heteroatoms. The van der Waals surface area contributed by atoms with Crippen molar-refractivity contribution in [1.82, 2.24) is 20.4 Å². The van der Waals surface area contributed by atoms with E-state index in [1.54, 1.807) is 12.1 Å². The van der Waals surface area contributed by atoms with Crippen molar-refractivity contribution in [1.29, 1.82) is 0 Å². The third-order valence-corrected chi connectivity index (χ3v) is 4.32. The third-order valence-electron chi connectivity index (χ3n) is 4.32. The van der Waals surface area contributed by atoms with Gasteiger partial charge in [-0.3, -0.25) is 10.00 Å². The van der Waals surface area contributed by atoms with Crippen LogP contribution >= 0.6 is 0 Å². The Balaban J connectivity index is 1.75. The first-order valence-electron chi connectivity index (χ1n) is 7.87. The van der Waals surface area contributed by atoms with Crippen LogP contribution in [-0.2, 0) is 6.54 Å². The highest BCUT2D eigenvalue weighted by Gasteiger charge is 2.22. The standard InChI is InChI=1S/C17H23FN4/c1-12(2)16-11-22(7-6-19-16)10-14-9-20-21-17(14)13-4-3-5-15(18)8-13/h3-5,8-9,12,16,19H,6-7,10-11H2,1-2H3,(H,20,21)/t16-/m1/s1. The minimum absolute atomic E-state index is 0.222. The molecule has 0 unspecified atom stereocenters. The molecule has 0 aliphatic carbocycles. The highest BCUT2D eigenvalue weighted by molar-refractivity contribution is 5.62. The molecule has 1 aromatic carbocycles. The fourth-order valence-electron chi connectivity index (χ4n) is 3.00. The van der Waals surface area contributed by atoms with Crippen molar-refractivity contribution in [2.75, 3.05) is 19.6 Å². The highest BCUT2D eigenvalue weighted by Crippen LogP contribution is 2.23. The fraction of sp³-hybridized carbons (Fsp3) is 0.471. The smallest absolute Gasteiger partial charge is 0.123 e. The van der Waals surface area contributed by atoms with Crippen LogP contribution in [0.15, 0.2) is 30.5 Å². The van der Waals surface area contributed by atoms with Gasteiger partial charge in [-0.15, -0.1) is 0 Å². The van der Waals surface area contributed by atoms with Crippen molar-refractivity contribution < 1.29 is 4.39 Å². The van der Waals surface area contributed by atoms with Gasteiger partial charge in [0.1, 0.15) is 5.82 Å². The monoisotopic (exact) mass is 302 g/mol. The van der Waals surface area contributed by atoms with Gasteiger partial charge in [-0.1, -0.05) is 26.0 Å². The van der Waals surface area contributed by atoms with Crippen LogP contribution in [0.3, 0.4) is 0 Å². The lowest BCUT2D eigenvalue weighted by Crippen LogP contribution is -2.52. The van der Waals surface area contributed by atoms with E-state index in [1.165, 1.54) is 6.07 Å². The topological polar surface area (TPSA) is 44.0 Å². The van der Waals surface area contributed by atoms with E-state index in [9.17, 15) is 4.39 Å². The molecule has 1 aliphatic rings. The lowest BCUT2D eigenvalue weighted by Gasteiger charge is -2.35. The summed E-state index contributed by atoms with van der Waals surface area (Å²) in [4.78, 5) is 2.44. The van der Waals surface area contributed by atoms with Gasteiger partial charge in [0.15, 0.2) is 0 Å². The molecule has 0 bridgehead atoms. The third kappa shape index (κ3) is 3.36. The van der Waals surface area contributed by atoms with Gasteiger partial charge >= 0.3 is 0 Å². The van der Waals surface area contributed by atoms with Gasteiger partial charge in [-0.05, 0) is 18.1 Å². The normalized spacial score (nSPS) is 19.7. The van der Waals surface area contributed by atoms with Crippen molar-refractivity contribution in [3.05, 3.63) is 41.8 Å². The van der Waals surface area contributed by atoms with Crippen molar-refractivity contribution in [2.24, 2.45) is 5.92 Å². The van der Waals surface area contributed by atoms with Gasteiger partial charge in [0.25, 0.3) is 0 Å². The SMILES string of the molecule is CC(C)[C@H]1CN(Cc2cn[nH]c2-c2cccc(F)c2)CCN1. The van der Waals surface area contributed by atoms with Crippen LogP contribution in [0.1, 0.15) is 19.4 Å². The maximum atomic E-state index is 13.4. The predicted octanol–water partition coefficient (Wildman–Crippen LogP) is 2.65. The Morgan fingerprint density at radius 1 is 1.41 bits per heavy atom. The summed E-state index contributed by atoms with van der Waals surface area (Å²) in [6, 6.07) is 7.18. The molecule has 4 nitrogen and oxygen atoms in total. The summed E-state index contributed by atoms with van der Waals surface area (Å²) in [7, 11) is 0. The molecular formula is C17H23FN4. The molecule has 2 N–H and O–H groups in total. The summed E-state index contributed by atoms with van der Waals surface area (Å²) in [5.74, 6) is 0.398. The molecule has 1 aliphatic heterocycles. The van der Waals surface area contributed by atoms with Crippen molar-refractivity contribution in [3.8, 4) is 11.3 Å². The summed E-state index contributed by atoms with van der Waals surface area (Å²) in [5.41, 5.74) is 2.89. The molecule has 0 amide bonds. The second-order valence-corrected chi connectivity index (χ2v) is 6.32. The average molecular weight is 302 g/mol. The van der Waals surface area contributed by atoms with Gasteiger partial charge in [0.2, 0.25) is 0 Å². The molecule has 0 radical (unpaired) electrons. The van der Waals surface area contributed by atoms with Crippen LogP contribution in [0.5, 0.6) is 0 Å². The van der Waals surface area contributed by atoms with Crippen LogP contribution in [0.4, 0.5) is 4.39 Å². The Hall–Kier alpha value is -1.72. The molecule has 1 fully saturated rings. The largest absolute Gasteiger partial charge is 0.311 e. The van der Waals surface area contributed by atoms with Crippen LogP contribution in [0.2, 0.25) is 0 Å². The molecule has 22 heavy (non-hydrogen) atoms. The van der Waals surface area contributed by atoms with Gasteiger partial charge < -0.3 is 5.32 Å². The van der Waals surface area contributed by atoms with Crippen molar-refractivity contribution in [3.63, 3.8) is 0 Å². The Kier molecular flexibility index (Phi) is 4.55. The van der Waals surface area contributed by atoms with Crippen LogP contribution in [-0.4, -0.2) is 40.8 Å². The van der Waals surface area contributed by atoms with Crippen molar-refractivity contribution >= 4 is 0 Å². The molecular weight excluding hydrogens is 279 g/mol. The molecule has 1 atom stereocenters. The zero-order valence-electron chi connectivity index (χ0n) is 13.1. The number of nitrogens with one attached hydrogen (secondary N) is 2. The number of H-pyrrole nitrogens is 1. The quantitative estimate of drug-likeness (QED) is 0.912. The van der Waals surface area contributed by atoms with Crippen LogP contribution in [0, 0.1) is 11.7 Å². The Labute approximate surface area is 130 Å².